The van der Waals surface area contributed by atoms with Crippen molar-refractivity contribution < 1.29 is 104 Å². The molecule has 0 aromatic heterocycles. The highest BCUT2D eigenvalue weighted by atomic mass is 31.2. The van der Waals surface area contributed by atoms with Crippen LogP contribution in [0.5, 0.6) is 0 Å². The first-order valence-corrected chi connectivity index (χ1v) is 31.2. The van der Waals surface area contributed by atoms with Gasteiger partial charge in [0.1, 0.15) is 43.2 Å². The van der Waals surface area contributed by atoms with Crippen molar-refractivity contribution in [2.24, 2.45) is 0 Å². The molecule has 450 valence electrons. The van der Waals surface area contributed by atoms with Gasteiger partial charge in [-0.2, -0.15) is 0 Å². The van der Waals surface area contributed by atoms with Crippen LogP contribution in [-0.2, 0) is 59.9 Å². The Morgan fingerprint density at radius 3 is 1.13 bits per heavy atom. The lowest BCUT2D eigenvalue weighted by atomic mass is 9.85. The van der Waals surface area contributed by atoms with Gasteiger partial charge in [-0.15, -0.1) is 0 Å². The Balaban J connectivity index is -0.00000630. The fourth-order valence-electron chi connectivity index (χ4n) is 7.76. The number of phosphoric acid groups is 4. The number of quaternary nitrogens is 4. The zero-order valence-electron chi connectivity index (χ0n) is 45.5. The van der Waals surface area contributed by atoms with Gasteiger partial charge in [0.05, 0.1) is 6.61 Å². The van der Waals surface area contributed by atoms with E-state index in [1.54, 1.807) is 0 Å². The van der Waals surface area contributed by atoms with E-state index in [9.17, 15) is 72.3 Å². The number of rotatable bonds is 44. The van der Waals surface area contributed by atoms with Crippen molar-refractivity contribution in [1.29, 1.82) is 0 Å². The quantitative estimate of drug-likeness (QED) is 0.0120. The lowest BCUT2D eigenvalue weighted by Crippen LogP contribution is -2.66. The van der Waals surface area contributed by atoms with Crippen LogP contribution in [0, 0.1) is 0 Å². The van der Waals surface area contributed by atoms with E-state index in [0.29, 0.717) is 19.3 Å². The Labute approximate surface area is 444 Å². The molecular weight excluding hydrogens is 1070 g/mol. The van der Waals surface area contributed by atoms with Crippen LogP contribution in [0.4, 0.5) is 0 Å². The minimum Gasteiger partial charge on any atom is -0.756 e. The lowest BCUT2D eigenvalue weighted by Gasteiger charge is -2.49. The zero-order chi connectivity index (χ0) is 53.2. The summed E-state index contributed by atoms with van der Waals surface area (Å²) in [5.41, 5.74) is 0. The molecule has 21 N–H and O–H groups in total. The topological polar surface area (TPSA) is 506 Å². The molecule has 0 saturated heterocycles. The van der Waals surface area contributed by atoms with Gasteiger partial charge in [0.15, 0.2) is 6.10 Å². The van der Waals surface area contributed by atoms with Gasteiger partial charge in [-0.3, -0.25) is 27.8 Å². The Morgan fingerprint density at radius 2 is 0.773 bits per heavy atom. The molecule has 0 spiro atoms. The van der Waals surface area contributed by atoms with Crippen molar-refractivity contribution in [3.63, 3.8) is 0 Å². The van der Waals surface area contributed by atoms with Crippen molar-refractivity contribution in [2.45, 2.75) is 236 Å². The Bertz CT molecular complexity index is 1670. The summed E-state index contributed by atoms with van der Waals surface area (Å²) < 4.78 is 80.7. The fourth-order valence-corrected chi connectivity index (χ4v) is 10.4. The summed E-state index contributed by atoms with van der Waals surface area (Å²) >= 11 is 0. The summed E-state index contributed by atoms with van der Waals surface area (Å²) in [5, 5.41) is 21.7. The van der Waals surface area contributed by atoms with Crippen LogP contribution in [0.15, 0.2) is 24.3 Å². The molecule has 26 nitrogen and oxygen atoms in total. The van der Waals surface area contributed by atoms with Crippen LogP contribution in [0.1, 0.15) is 194 Å². The van der Waals surface area contributed by atoms with Gasteiger partial charge in [0.25, 0.3) is 31.3 Å². The Hall–Kier alpha value is -1.38. The average molecular weight is 1170 g/mol. The minimum absolute atomic E-state index is 0. The molecule has 11 atom stereocenters. The lowest BCUT2D eigenvalue weighted by molar-refractivity contribution is -0.286. The number of hydrogen-bond donors (Lipinski definition) is 9. The van der Waals surface area contributed by atoms with Crippen LogP contribution in [0.25, 0.3) is 0 Å². The standard InChI is InChI=1S/C45H86O22P4.4H3N/c1-3-5-7-9-11-13-15-17-19-21-23-25-27-29-31-33-38(46)61-35-37(63-39(47)34-32-30-28-26-24-22-20-18-16-14-12-10-8-6-4-2)36-62-71(59,60)67-42-40(48)43(64-68(50,51)52)45(66-70(56,57)58)44(41(42)49)65-69(53,54)55;;;;/h17-20,37,40-45,48-49H,3-16,21-36H2,1-2H3,(H,59,60)(H2,50,51,52)(H2,53,54,55)(H2,56,57,58);4*1H3/b19-17-,20-18-;;;;/t37-,40+,41+,42?,43-,44+,45?;;;;/m1..../s1. The smallest absolute Gasteiger partial charge is 0.306 e. The fraction of sp³-hybridized carbons (Fsp3) is 0.867. The zero-order valence-corrected chi connectivity index (χ0v) is 49.1. The molecular formula is C45H98N4O22P4. The largest absolute Gasteiger partial charge is 0.756 e. The predicted molar refractivity (Wildman–Crippen MR) is 278 cm³/mol. The molecule has 0 bridgehead atoms. The molecule has 30 heteroatoms. The van der Waals surface area contributed by atoms with Gasteiger partial charge >= 0.3 is 11.9 Å². The van der Waals surface area contributed by atoms with E-state index in [1.807, 2.05) is 0 Å². The molecule has 1 aliphatic carbocycles. The highest BCUT2D eigenvalue weighted by Crippen LogP contribution is 2.50. The first kappa shape index (κ1) is 80.1. The first-order chi connectivity index (χ1) is 33.5. The third-order valence-corrected chi connectivity index (χ3v) is 13.9. The number of hydrogen-bond acceptors (Lipinski definition) is 19. The molecule has 1 rings (SSSR count). The molecule has 0 radical (unpaired) electrons. The number of aliphatic hydroxyl groups is 2. The van der Waals surface area contributed by atoms with Gasteiger partial charge in [0, 0.05) is 12.8 Å². The van der Waals surface area contributed by atoms with E-state index in [2.05, 4.69) is 51.7 Å². The average Bonchev–Trinajstić information content (AvgIpc) is 3.27. The highest BCUT2D eigenvalue weighted by Gasteiger charge is 2.56. The SMILES string of the molecule is CCCCCCCC/C=C\CCCCCCCC(=O)OC[C@H](COP(=O)([O-])OC1[C@H](O)[C@H](OP(=O)([O-])O)C(OP(=O)([O-])O)[C@H](OP(=O)([O-])O)[C@H]1O)OC(=O)CCCCCCC/C=C\CCCCCCCC.[NH4+].[NH4+].[NH4+].[NH4+]. The third-order valence-electron chi connectivity index (χ3n) is 11.4. The van der Waals surface area contributed by atoms with Gasteiger partial charge in [-0.25, -0.2) is 0 Å². The first-order valence-electron chi connectivity index (χ1n) is 25.3. The number of allylic oxidation sites excluding steroid dienone is 4. The van der Waals surface area contributed by atoms with Gasteiger partial charge in [-0.05, 0) is 64.2 Å². The van der Waals surface area contributed by atoms with E-state index in [-0.39, 0.29) is 37.4 Å². The summed E-state index contributed by atoms with van der Waals surface area (Å²) in [4.78, 5) is 101. The van der Waals surface area contributed by atoms with Crippen LogP contribution < -0.4 is 44.2 Å². The third kappa shape index (κ3) is 43.1. The van der Waals surface area contributed by atoms with Crippen LogP contribution in [0.3, 0.4) is 0 Å². The summed E-state index contributed by atoms with van der Waals surface area (Å²) in [6.07, 6.45) is 16.8. The molecule has 1 fully saturated rings. The molecule has 0 aromatic rings. The van der Waals surface area contributed by atoms with Crippen LogP contribution in [-0.4, -0.2) is 92.8 Å². The maximum Gasteiger partial charge on any atom is 0.306 e. The van der Waals surface area contributed by atoms with E-state index in [4.69, 9.17) is 18.5 Å². The van der Waals surface area contributed by atoms with E-state index in [0.717, 1.165) is 70.6 Å². The number of carbonyl (C=O) groups is 2. The van der Waals surface area contributed by atoms with E-state index < -0.39 is 99.2 Å². The summed E-state index contributed by atoms with van der Waals surface area (Å²) in [5.74, 6) is -1.48. The van der Waals surface area contributed by atoms with Gasteiger partial charge in [-0.1, -0.05) is 141 Å². The summed E-state index contributed by atoms with van der Waals surface area (Å²) in [6.45, 7) is 2.59. The monoisotopic (exact) mass is 1170 g/mol. The summed E-state index contributed by atoms with van der Waals surface area (Å²) in [7, 11) is -24.2. The molecule has 1 saturated carbocycles. The van der Waals surface area contributed by atoms with Gasteiger partial charge < -0.3 is 101 Å². The number of ether oxygens (including phenoxy) is 2. The minimum atomic E-state index is -6.09. The second-order valence-corrected chi connectivity index (χ2v) is 22.7. The van der Waals surface area contributed by atoms with Crippen molar-refractivity contribution in [3.05, 3.63) is 24.3 Å². The molecule has 1 aliphatic rings. The van der Waals surface area contributed by atoms with Crippen LogP contribution in [0.2, 0.25) is 0 Å². The second-order valence-electron chi connectivity index (χ2n) is 17.9. The molecule has 0 heterocycles. The molecule has 6 unspecified atom stereocenters. The Kier molecular flexibility index (Phi) is 48.4. The molecule has 0 amide bonds. The van der Waals surface area contributed by atoms with Gasteiger partial charge in [0.2, 0.25) is 0 Å². The molecule has 75 heavy (non-hydrogen) atoms. The van der Waals surface area contributed by atoms with Crippen molar-refractivity contribution in [3.8, 4) is 0 Å². The number of carbonyl (C=O) groups excluding carboxylic acids is 2. The number of esters is 2. The second kappa shape index (κ2) is 45.4. The highest BCUT2D eigenvalue weighted by molar-refractivity contribution is 7.46. The maximum atomic E-state index is 13.1. The number of aliphatic hydroxyl groups excluding tert-OH is 2. The normalized spacial score (nSPS) is 22.2. The summed E-state index contributed by atoms with van der Waals surface area (Å²) in [6, 6.07) is 0. The molecule has 0 aromatic carbocycles. The number of unbranched alkanes of at least 4 members (excludes halogenated alkanes) is 22. The number of phosphoric ester groups is 4. The van der Waals surface area contributed by atoms with E-state index >= 15 is 0 Å². The van der Waals surface area contributed by atoms with Crippen LogP contribution >= 0.6 is 31.3 Å². The molecule has 0 aliphatic heterocycles. The van der Waals surface area contributed by atoms with Crippen molar-refractivity contribution in [2.75, 3.05) is 13.2 Å². The maximum absolute atomic E-state index is 13.1. The van der Waals surface area contributed by atoms with Crippen molar-refractivity contribution >= 4 is 43.2 Å². The Morgan fingerprint density at radius 1 is 0.453 bits per heavy atom. The van der Waals surface area contributed by atoms with Crippen molar-refractivity contribution in [1.82, 2.24) is 24.6 Å². The predicted octanol–water partition coefficient (Wildman–Crippen LogP) is 8.16. The van der Waals surface area contributed by atoms with E-state index in [1.165, 1.54) is 77.0 Å².